The molecule has 0 atom stereocenters. The van der Waals surface area contributed by atoms with Crippen LogP contribution in [-0.2, 0) is 6.54 Å². The van der Waals surface area contributed by atoms with Crippen molar-refractivity contribution in [3.8, 4) is 0 Å². The van der Waals surface area contributed by atoms with Gasteiger partial charge < -0.3 is 9.88 Å². The third kappa shape index (κ3) is 2.30. The van der Waals surface area contributed by atoms with Gasteiger partial charge >= 0.3 is 0 Å². The molecular formula is C14H12FN3OS. The smallest absolute Gasteiger partial charge is 0.256 e. The molecule has 1 N–H and O–H groups in total. The molecule has 2 aromatic heterocycles. The van der Waals surface area contributed by atoms with Gasteiger partial charge in [-0.3, -0.25) is 4.79 Å². The molecule has 0 unspecified atom stereocenters. The highest BCUT2D eigenvalue weighted by atomic mass is 32.1. The molecule has 1 amide bonds. The largest absolute Gasteiger partial charge is 0.344 e. The minimum atomic E-state index is -0.449. The van der Waals surface area contributed by atoms with Gasteiger partial charge in [-0.25, -0.2) is 9.37 Å². The molecule has 102 valence electrons. The molecule has 0 aliphatic heterocycles. The zero-order valence-electron chi connectivity index (χ0n) is 10.8. The standard InChI is InChI=1S/C14H12FN3OS/c1-18(7-10-3-2-4-20-10)14(19)11-5-9(15)6-12-13(11)17-8-16-12/h2-6,8H,7H2,1H3,(H,16,17). The van der Waals surface area contributed by atoms with E-state index < -0.39 is 5.82 Å². The number of carbonyl (C=O) groups is 1. The Hall–Kier alpha value is -2.21. The van der Waals surface area contributed by atoms with E-state index in [0.29, 0.717) is 17.6 Å². The molecule has 1 aromatic carbocycles. The molecule has 0 fully saturated rings. The van der Waals surface area contributed by atoms with E-state index >= 15 is 0 Å². The maximum absolute atomic E-state index is 13.6. The Bertz CT molecular complexity index is 751. The first-order valence-corrected chi connectivity index (χ1v) is 6.93. The Morgan fingerprint density at radius 3 is 3.10 bits per heavy atom. The molecule has 0 bridgehead atoms. The van der Waals surface area contributed by atoms with E-state index in [4.69, 9.17) is 0 Å². The topological polar surface area (TPSA) is 49.0 Å². The molecule has 0 radical (unpaired) electrons. The van der Waals surface area contributed by atoms with Crippen LogP contribution in [0.25, 0.3) is 11.0 Å². The first-order valence-electron chi connectivity index (χ1n) is 6.05. The maximum atomic E-state index is 13.6. The van der Waals surface area contributed by atoms with Crippen molar-refractivity contribution in [3.05, 3.63) is 52.2 Å². The van der Waals surface area contributed by atoms with Gasteiger partial charge in [-0.15, -0.1) is 11.3 Å². The fourth-order valence-corrected chi connectivity index (χ4v) is 2.85. The van der Waals surface area contributed by atoms with Gasteiger partial charge in [0.1, 0.15) is 11.3 Å². The monoisotopic (exact) mass is 289 g/mol. The number of hydrogen-bond acceptors (Lipinski definition) is 3. The van der Waals surface area contributed by atoms with Crippen LogP contribution >= 0.6 is 11.3 Å². The van der Waals surface area contributed by atoms with Gasteiger partial charge in [-0.05, 0) is 23.6 Å². The number of amides is 1. The summed E-state index contributed by atoms with van der Waals surface area (Å²) in [6.45, 7) is 0.499. The van der Waals surface area contributed by atoms with Crippen LogP contribution in [0.5, 0.6) is 0 Å². The summed E-state index contributed by atoms with van der Waals surface area (Å²) in [6, 6.07) is 6.46. The average Bonchev–Trinajstić information content (AvgIpc) is 3.07. The van der Waals surface area contributed by atoms with Crippen molar-refractivity contribution in [2.75, 3.05) is 7.05 Å². The van der Waals surface area contributed by atoms with Crippen LogP contribution in [-0.4, -0.2) is 27.8 Å². The van der Waals surface area contributed by atoms with Crippen LogP contribution in [0, 0.1) is 5.82 Å². The van der Waals surface area contributed by atoms with Crippen molar-refractivity contribution in [2.24, 2.45) is 0 Å². The predicted molar refractivity (Wildman–Crippen MR) is 76.2 cm³/mol. The molecule has 0 saturated carbocycles. The van der Waals surface area contributed by atoms with E-state index in [1.807, 2.05) is 17.5 Å². The Labute approximate surface area is 118 Å². The number of rotatable bonds is 3. The Morgan fingerprint density at radius 1 is 1.50 bits per heavy atom. The highest BCUT2D eigenvalue weighted by Crippen LogP contribution is 2.20. The quantitative estimate of drug-likeness (QED) is 0.805. The normalized spacial score (nSPS) is 10.9. The first kappa shape index (κ1) is 12.8. The fraction of sp³-hybridized carbons (Fsp3) is 0.143. The van der Waals surface area contributed by atoms with E-state index in [-0.39, 0.29) is 11.5 Å². The van der Waals surface area contributed by atoms with Crippen LogP contribution in [0.1, 0.15) is 15.2 Å². The lowest BCUT2D eigenvalue weighted by Crippen LogP contribution is -2.26. The van der Waals surface area contributed by atoms with E-state index in [2.05, 4.69) is 9.97 Å². The summed E-state index contributed by atoms with van der Waals surface area (Å²) < 4.78 is 13.6. The summed E-state index contributed by atoms with van der Waals surface area (Å²) in [7, 11) is 1.70. The van der Waals surface area contributed by atoms with Crippen LogP contribution < -0.4 is 0 Å². The molecule has 4 nitrogen and oxygen atoms in total. The number of nitrogens with zero attached hydrogens (tertiary/aromatic N) is 2. The van der Waals surface area contributed by atoms with E-state index in [1.165, 1.54) is 18.5 Å². The molecule has 0 aliphatic rings. The Morgan fingerprint density at radius 2 is 2.35 bits per heavy atom. The number of halogens is 1. The van der Waals surface area contributed by atoms with E-state index in [0.717, 1.165) is 4.88 Å². The van der Waals surface area contributed by atoms with Crippen molar-refractivity contribution in [2.45, 2.75) is 6.54 Å². The third-order valence-corrected chi connectivity index (χ3v) is 3.90. The van der Waals surface area contributed by atoms with Crippen LogP contribution in [0.4, 0.5) is 4.39 Å². The Kier molecular flexibility index (Phi) is 3.23. The number of hydrogen-bond donors (Lipinski definition) is 1. The second-order valence-corrected chi connectivity index (χ2v) is 5.52. The number of imidazole rings is 1. The number of nitrogens with one attached hydrogen (secondary N) is 1. The van der Waals surface area contributed by atoms with Crippen molar-refractivity contribution in [1.29, 1.82) is 0 Å². The second kappa shape index (κ2) is 5.05. The van der Waals surface area contributed by atoms with Gasteiger partial charge in [-0.1, -0.05) is 6.07 Å². The predicted octanol–water partition coefficient (Wildman–Crippen LogP) is 3.04. The summed E-state index contributed by atoms with van der Waals surface area (Å²) >= 11 is 1.58. The zero-order chi connectivity index (χ0) is 14.1. The van der Waals surface area contributed by atoms with E-state index in [9.17, 15) is 9.18 Å². The number of carbonyl (C=O) groups excluding carboxylic acids is 1. The lowest BCUT2D eigenvalue weighted by Gasteiger charge is -2.16. The van der Waals surface area contributed by atoms with Crippen molar-refractivity contribution in [1.82, 2.24) is 14.9 Å². The summed E-state index contributed by atoms with van der Waals surface area (Å²) in [6.07, 6.45) is 1.46. The highest BCUT2D eigenvalue weighted by Gasteiger charge is 2.18. The van der Waals surface area contributed by atoms with E-state index in [1.54, 1.807) is 23.3 Å². The van der Waals surface area contributed by atoms with Crippen LogP contribution in [0.2, 0.25) is 0 Å². The molecule has 3 rings (SSSR count). The number of benzene rings is 1. The summed E-state index contributed by atoms with van der Waals surface area (Å²) in [5, 5.41) is 1.96. The number of thiophene rings is 1. The molecule has 20 heavy (non-hydrogen) atoms. The minimum absolute atomic E-state index is 0.241. The number of aromatic nitrogens is 2. The molecule has 0 saturated heterocycles. The second-order valence-electron chi connectivity index (χ2n) is 4.49. The van der Waals surface area contributed by atoms with Gasteiger partial charge in [0.15, 0.2) is 0 Å². The molecule has 0 spiro atoms. The lowest BCUT2D eigenvalue weighted by molar-refractivity contribution is 0.0788. The summed E-state index contributed by atoms with van der Waals surface area (Å²) in [5.41, 5.74) is 1.30. The molecule has 6 heteroatoms. The number of aromatic amines is 1. The van der Waals surface area contributed by atoms with Crippen molar-refractivity contribution >= 4 is 28.3 Å². The van der Waals surface area contributed by atoms with Gasteiger partial charge in [0.05, 0.1) is 24.0 Å². The average molecular weight is 289 g/mol. The van der Waals surface area contributed by atoms with Gasteiger partial charge in [0.2, 0.25) is 0 Å². The minimum Gasteiger partial charge on any atom is -0.344 e. The van der Waals surface area contributed by atoms with Crippen LogP contribution in [0.3, 0.4) is 0 Å². The maximum Gasteiger partial charge on any atom is 0.256 e. The third-order valence-electron chi connectivity index (χ3n) is 3.04. The SMILES string of the molecule is CN(Cc1cccs1)C(=O)c1cc(F)cc2[nH]cnc12. The molecule has 2 heterocycles. The summed E-state index contributed by atoms with van der Waals surface area (Å²) in [5.74, 6) is -0.690. The zero-order valence-corrected chi connectivity index (χ0v) is 11.6. The fourth-order valence-electron chi connectivity index (χ4n) is 2.09. The number of H-pyrrole nitrogens is 1. The van der Waals surface area contributed by atoms with Crippen LogP contribution in [0.15, 0.2) is 36.0 Å². The first-order chi connectivity index (χ1) is 9.65. The van der Waals surface area contributed by atoms with Gasteiger partial charge in [-0.2, -0.15) is 0 Å². The molecular weight excluding hydrogens is 277 g/mol. The molecule has 3 aromatic rings. The van der Waals surface area contributed by atoms with Gasteiger partial charge in [0, 0.05) is 11.9 Å². The highest BCUT2D eigenvalue weighted by molar-refractivity contribution is 7.09. The molecule has 0 aliphatic carbocycles. The van der Waals surface area contributed by atoms with Gasteiger partial charge in [0.25, 0.3) is 5.91 Å². The summed E-state index contributed by atoms with van der Waals surface area (Å²) in [4.78, 5) is 22.0. The van der Waals surface area contributed by atoms with Crippen molar-refractivity contribution in [3.63, 3.8) is 0 Å². The number of fused-ring (bicyclic) bond motifs is 1. The lowest BCUT2D eigenvalue weighted by atomic mass is 10.1. The van der Waals surface area contributed by atoms with Crippen molar-refractivity contribution < 1.29 is 9.18 Å². The Balaban J connectivity index is 1.93.